The first-order valence-corrected chi connectivity index (χ1v) is 10.9. The maximum atomic E-state index is 12.2. The van der Waals surface area contributed by atoms with E-state index in [0.717, 1.165) is 22.3 Å². The minimum Gasteiger partial charge on any atom is -0.480 e. The summed E-state index contributed by atoms with van der Waals surface area (Å²) in [6.07, 6.45) is -2.22. The summed E-state index contributed by atoms with van der Waals surface area (Å²) in [4.78, 5) is 35.7. The maximum absolute atomic E-state index is 12.2. The van der Waals surface area contributed by atoms with Gasteiger partial charge in [-0.05, 0) is 27.7 Å². The molecular formula is C25H30N2O6. The topological polar surface area (TPSA) is 125 Å². The average molecular weight is 455 g/mol. The minimum absolute atomic E-state index is 0.0794. The molecule has 0 aromatic heterocycles. The van der Waals surface area contributed by atoms with Gasteiger partial charge in [0.15, 0.2) is 0 Å². The molecule has 2 atom stereocenters. The number of rotatable bonds is 8. The first-order chi connectivity index (χ1) is 15.6. The average Bonchev–Trinajstić information content (AvgIpc) is 3.07. The van der Waals surface area contributed by atoms with E-state index >= 15 is 0 Å². The maximum Gasteiger partial charge on any atom is 0.407 e. The SMILES string of the molecule is CC(C)(C)[C@@H](NC(=O)CC(O)CNC(=O)OCC1c2ccccc2-c2ccccc21)C(=O)O. The normalized spacial score (nSPS) is 14.5. The highest BCUT2D eigenvalue weighted by molar-refractivity contribution is 5.84. The number of aliphatic hydroxyl groups excluding tert-OH is 1. The Morgan fingerprint density at radius 1 is 1.00 bits per heavy atom. The molecule has 0 saturated carbocycles. The second-order valence-electron chi connectivity index (χ2n) is 9.27. The van der Waals surface area contributed by atoms with Crippen LogP contribution in [-0.4, -0.2) is 53.5 Å². The van der Waals surface area contributed by atoms with Crippen LogP contribution in [0.1, 0.15) is 44.2 Å². The number of alkyl carbamates (subject to hydrolysis) is 1. The molecule has 33 heavy (non-hydrogen) atoms. The van der Waals surface area contributed by atoms with Crippen molar-refractivity contribution in [3.8, 4) is 11.1 Å². The first-order valence-electron chi connectivity index (χ1n) is 10.9. The highest BCUT2D eigenvalue weighted by atomic mass is 16.5. The van der Waals surface area contributed by atoms with E-state index in [1.807, 2.05) is 48.5 Å². The van der Waals surface area contributed by atoms with Crippen molar-refractivity contribution < 1.29 is 29.3 Å². The summed E-state index contributed by atoms with van der Waals surface area (Å²) in [5.74, 6) is -1.84. The predicted octanol–water partition coefficient (Wildman–Crippen LogP) is 2.89. The number of aliphatic carboxylic acids is 1. The van der Waals surface area contributed by atoms with Crippen molar-refractivity contribution >= 4 is 18.0 Å². The Kier molecular flexibility index (Phi) is 7.38. The van der Waals surface area contributed by atoms with Gasteiger partial charge in [0.1, 0.15) is 12.6 Å². The second kappa shape index (κ2) is 10.0. The lowest BCUT2D eigenvalue weighted by Crippen LogP contribution is -2.50. The number of carbonyl (C=O) groups is 3. The second-order valence-corrected chi connectivity index (χ2v) is 9.27. The van der Waals surface area contributed by atoms with E-state index in [9.17, 15) is 24.6 Å². The number of carboxylic acids is 1. The highest BCUT2D eigenvalue weighted by Gasteiger charge is 2.33. The van der Waals surface area contributed by atoms with Gasteiger partial charge in [-0.1, -0.05) is 69.3 Å². The predicted molar refractivity (Wildman–Crippen MR) is 123 cm³/mol. The van der Waals surface area contributed by atoms with E-state index in [4.69, 9.17) is 4.74 Å². The Hall–Kier alpha value is -3.39. The fourth-order valence-corrected chi connectivity index (χ4v) is 4.01. The molecule has 176 valence electrons. The van der Waals surface area contributed by atoms with Gasteiger partial charge in [0, 0.05) is 12.5 Å². The molecule has 0 fully saturated rings. The molecule has 4 N–H and O–H groups in total. The summed E-state index contributed by atoms with van der Waals surface area (Å²) < 4.78 is 5.40. The van der Waals surface area contributed by atoms with Gasteiger partial charge in [-0.25, -0.2) is 9.59 Å². The lowest BCUT2D eigenvalue weighted by atomic mass is 9.86. The van der Waals surface area contributed by atoms with Crippen LogP contribution in [0.4, 0.5) is 4.79 Å². The molecule has 0 heterocycles. The molecule has 0 radical (unpaired) electrons. The number of amides is 2. The summed E-state index contributed by atoms with van der Waals surface area (Å²) in [7, 11) is 0. The summed E-state index contributed by atoms with van der Waals surface area (Å²) in [6.45, 7) is 5.03. The quantitative estimate of drug-likeness (QED) is 0.486. The van der Waals surface area contributed by atoms with E-state index in [1.165, 1.54) is 0 Å². The zero-order valence-corrected chi connectivity index (χ0v) is 19.0. The molecule has 1 aliphatic carbocycles. The molecule has 8 heteroatoms. The van der Waals surface area contributed by atoms with E-state index in [0.29, 0.717) is 0 Å². The van der Waals surface area contributed by atoms with Crippen LogP contribution < -0.4 is 10.6 Å². The van der Waals surface area contributed by atoms with E-state index in [2.05, 4.69) is 10.6 Å². The third kappa shape index (κ3) is 5.90. The lowest BCUT2D eigenvalue weighted by Gasteiger charge is -2.28. The minimum atomic E-state index is -1.18. The number of benzene rings is 2. The zero-order chi connectivity index (χ0) is 24.2. The monoisotopic (exact) mass is 454 g/mol. The number of carboxylic acid groups (broad SMARTS) is 1. The van der Waals surface area contributed by atoms with Gasteiger partial charge >= 0.3 is 12.1 Å². The van der Waals surface area contributed by atoms with E-state index in [-0.39, 0.29) is 25.5 Å². The van der Waals surface area contributed by atoms with Crippen LogP contribution >= 0.6 is 0 Å². The van der Waals surface area contributed by atoms with Crippen LogP contribution in [-0.2, 0) is 14.3 Å². The van der Waals surface area contributed by atoms with Gasteiger partial charge in [0.2, 0.25) is 5.91 Å². The van der Waals surface area contributed by atoms with Crippen LogP contribution in [0.3, 0.4) is 0 Å². The van der Waals surface area contributed by atoms with Crippen molar-refractivity contribution in [1.82, 2.24) is 10.6 Å². The van der Waals surface area contributed by atoms with E-state index < -0.39 is 35.5 Å². The Morgan fingerprint density at radius 2 is 1.55 bits per heavy atom. The van der Waals surface area contributed by atoms with Crippen molar-refractivity contribution in [2.24, 2.45) is 5.41 Å². The number of hydrogen-bond donors (Lipinski definition) is 4. The molecule has 2 amide bonds. The molecule has 0 aliphatic heterocycles. The number of carbonyl (C=O) groups excluding carboxylic acids is 2. The third-order valence-electron chi connectivity index (χ3n) is 5.67. The van der Waals surface area contributed by atoms with Gasteiger partial charge in [0.25, 0.3) is 0 Å². The number of fused-ring (bicyclic) bond motifs is 3. The largest absolute Gasteiger partial charge is 0.480 e. The molecule has 1 aliphatic rings. The van der Waals surface area contributed by atoms with Crippen molar-refractivity contribution in [3.63, 3.8) is 0 Å². The van der Waals surface area contributed by atoms with Crippen molar-refractivity contribution in [3.05, 3.63) is 59.7 Å². The molecule has 0 saturated heterocycles. The Bertz CT molecular complexity index is 984. The molecule has 3 rings (SSSR count). The smallest absolute Gasteiger partial charge is 0.407 e. The molecule has 2 aromatic rings. The number of ether oxygens (including phenoxy) is 1. The number of hydrogen-bond acceptors (Lipinski definition) is 5. The number of aliphatic hydroxyl groups is 1. The van der Waals surface area contributed by atoms with Gasteiger partial charge in [0.05, 0.1) is 12.5 Å². The van der Waals surface area contributed by atoms with Crippen LogP contribution in [0.15, 0.2) is 48.5 Å². The Balaban J connectivity index is 1.48. The zero-order valence-electron chi connectivity index (χ0n) is 19.0. The van der Waals surface area contributed by atoms with Crippen LogP contribution in [0.2, 0.25) is 0 Å². The van der Waals surface area contributed by atoms with Gasteiger partial charge in [-0.2, -0.15) is 0 Å². The van der Waals surface area contributed by atoms with E-state index in [1.54, 1.807) is 20.8 Å². The van der Waals surface area contributed by atoms with Crippen molar-refractivity contribution in [1.29, 1.82) is 0 Å². The molecule has 2 aromatic carbocycles. The van der Waals surface area contributed by atoms with Crippen LogP contribution in [0.25, 0.3) is 11.1 Å². The Morgan fingerprint density at radius 3 is 2.06 bits per heavy atom. The van der Waals surface area contributed by atoms with Crippen molar-refractivity contribution in [2.75, 3.05) is 13.2 Å². The molecule has 0 bridgehead atoms. The molecule has 0 spiro atoms. The van der Waals surface area contributed by atoms with Gasteiger partial charge in [-0.15, -0.1) is 0 Å². The molecule has 1 unspecified atom stereocenters. The molecular weight excluding hydrogens is 424 g/mol. The van der Waals surface area contributed by atoms with Crippen LogP contribution in [0.5, 0.6) is 0 Å². The standard InChI is InChI=1S/C25H30N2O6/c1-25(2,3)22(23(30)31)27-21(29)12-15(28)13-26-24(32)33-14-20-18-10-6-4-8-16(18)17-9-5-7-11-19(17)20/h4-11,15,20,22,28H,12-14H2,1-3H3,(H,26,32)(H,27,29)(H,30,31)/t15?,22-/m0/s1. The van der Waals surface area contributed by atoms with Gasteiger partial charge < -0.3 is 25.6 Å². The van der Waals surface area contributed by atoms with Gasteiger partial charge in [-0.3, -0.25) is 4.79 Å². The fourth-order valence-electron chi connectivity index (χ4n) is 4.01. The number of nitrogens with one attached hydrogen (secondary N) is 2. The summed E-state index contributed by atoms with van der Waals surface area (Å²) >= 11 is 0. The van der Waals surface area contributed by atoms with Crippen LogP contribution in [0, 0.1) is 5.41 Å². The molecule has 8 nitrogen and oxygen atoms in total. The fraction of sp³-hybridized carbons (Fsp3) is 0.400. The highest BCUT2D eigenvalue weighted by Crippen LogP contribution is 2.44. The summed E-state index contributed by atoms with van der Waals surface area (Å²) in [5, 5.41) is 24.2. The third-order valence-corrected chi connectivity index (χ3v) is 5.67. The summed E-state index contributed by atoms with van der Waals surface area (Å²) in [5.41, 5.74) is 3.74. The lowest BCUT2D eigenvalue weighted by molar-refractivity contribution is -0.145. The first kappa shape index (κ1) is 24.3. The summed E-state index contributed by atoms with van der Waals surface area (Å²) in [6, 6.07) is 14.9. The Labute approximate surface area is 193 Å². The van der Waals surface area contributed by atoms with Crippen molar-refractivity contribution in [2.45, 2.75) is 45.3 Å².